The molecule has 1 saturated heterocycles. The molecule has 3 rings (SSSR count). The van der Waals surface area contributed by atoms with Gasteiger partial charge in [-0.25, -0.2) is 4.98 Å². The molecule has 0 radical (unpaired) electrons. The molecule has 0 aromatic carbocycles. The third-order valence-corrected chi connectivity index (χ3v) is 4.27. The van der Waals surface area contributed by atoms with Crippen molar-refractivity contribution in [3.63, 3.8) is 0 Å². The molecular weight excluding hydrogens is 294 g/mol. The van der Waals surface area contributed by atoms with E-state index in [1.54, 1.807) is 13.1 Å². The number of aromatic nitrogens is 1. The second kappa shape index (κ2) is 6.54. The molecule has 2 amide bonds. The monoisotopic (exact) mass is 317 g/mol. The number of carbonyl (C=O) groups excluding carboxylic acids is 2. The number of amides is 2. The Morgan fingerprint density at radius 2 is 1.96 bits per heavy atom. The number of pyridine rings is 1. The van der Waals surface area contributed by atoms with Gasteiger partial charge in [0.05, 0.1) is 17.9 Å². The largest absolute Gasteiger partial charge is 0.353 e. The molecule has 3 N–H and O–H groups in total. The summed E-state index contributed by atoms with van der Waals surface area (Å²) in [5, 5.41) is 2.72. The normalized spacial score (nSPS) is 19.4. The summed E-state index contributed by atoms with van der Waals surface area (Å²) in [7, 11) is 0. The molecule has 2 fully saturated rings. The smallest absolute Gasteiger partial charge is 0.241 e. The van der Waals surface area contributed by atoms with E-state index in [1.807, 2.05) is 17.0 Å². The van der Waals surface area contributed by atoms with E-state index in [2.05, 4.69) is 15.2 Å². The van der Waals surface area contributed by atoms with Gasteiger partial charge in [-0.3, -0.25) is 9.59 Å². The van der Waals surface area contributed by atoms with E-state index >= 15 is 0 Å². The third kappa shape index (κ3) is 3.79. The molecule has 0 spiro atoms. The van der Waals surface area contributed by atoms with Gasteiger partial charge in [-0.15, -0.1) is 0 Å². The van der Waals surface area contributed by atoms with Crippen LogP contribution >= 0.6 is 0 Å². The summed E-state index contributed by atoms with van der Waals surface area (Å²) in [5.74, 6) is 1.23. The van der Waals surface area contributed by atoms with Gasteiger partial charge in [0.1, 0.15) is 5.82 Å². The number of rotatable bonds is 4. The second-order valence-electron chi connectivity index (χ2n) is 6.27. The van der Waals surface area contributed by atoms with Crippen molar-refractivity contribution in [2.24, 2.45) is 11.7 Å². The lowest BCUT2D eigenvalue weighted by Gasteiger charge is -2.35. The van der Waals surface area contributed by atoms with E-state index in [4.69, 9.17) is 5.73 Å². The first-order valence-electron chi connectivity index (χ1n) is 8.11. The van der Waals surface area contributed by atoms with Crippen LogP contribution in [0.5, 0.6) is 0 Å². The van der Waals surface area contributed by atoms with Crippen LogP contribution in [0, 0.1) is 5.92 Å². The van der Waals surface area contributed by atoms with Gasteiger partial charge in [0.15, 0.2) is 0 Å². The Balaban J connectivity index is 1.54. The minimum Gasteiger partial charge on any atom is -0.353 e. The zero-order chi connectivity index (χ0) is 16.4. The predicted molar refractivity (Wildman–Crippen MR) is 88.0 cm³/mol. The zero-order valence-corrected chi connectivity index (χ0v) is 13.4. The Hall–Kier alpha value is -2.15. The van der Waals surface area contributed by atoms with E-state index < -0.39 is 6.04 Å². The number of carbonyl (C=O) groups is 2. The number of nitrogens with zero attached hydrogens (tertiary/aromatic N) is 3. The fraction of sp³-hybridized carbons (Fsp3) is 0.562. The fourth-order valence-corrected chi connectivity index (χ4v) is 2.65. The molecule has 1 atom stereocenters. The molecule has 1 saturated carbocycles. The lowest BCUT2D eigenvalue weighted by Crippen LogP contribution is -2.49. The molecule has 2 aliphatic rings. The predicted octanol–water partition coefficient (Wildman–Crippen LogP) is 0.426. The van der Waals surface area contributed by atoms with Crippen LogP contribution in [-0.4, -0.2) is 53.9 Å². The topological polar surface area (TPSA) is 91.6 Å². The average molecular weight is 317 g/mol. The molecule has 1 aliphatic heterocycles. The van der Waals surface area contributed by atoms with Crippen LogP contribution < -0.4 is 16.0 Å². The number of piperazine rings is 1. The molecule has 23 heavy (non-hydrogen) atoms. The Labute approximate surface area is 135 Å². The van der Waals surface area contributed by atoms with Gasteiger partial charge in [-0.2, -0.15) is 0 Å². The molecule has 7 nitrogen and oxygen atoms in total. The molecule has 7 heteroatoms. The van der Waals surface area contributed by atoms with Crippen LogP contribution in [0.15, 0.2) is 18.3 Å². The Kier molecular flexibility index (Phi) is 4.47. The van der Waals surface area contributed by atoms with Crippen LogP contribution in [0.25, 0.3) is 0 Å². The summed E-state index contributed by atoms with van der Waals surface area (Å²) in [6.45, 7) is 4.72. The average Bonchev–Trinajstić information content (AvgIpc) is 3.40. The summed E-state index contributed by atoms with van der Waals surface area (Å²) < 4.78 is 0. The van der Waals surface area contributed by atoms with Crippen molar-refractivity contribution in [1.29, 1.82) is 0 Å². The Morgan fingerprint density at radius 1 is 1.26 bits per heavy atom. The van der Waals surface area contributed by atoms with Crippen LogP contribution in [0.2, 0.25) is 0 Å². The van der Waals surface area contributed by atoms with Crippen LogP contribution in [-0.2, 0) is 9.59 Å². The Morgan fingerprint density at radius 3 is 2.48 bits per heavy atom. The van der Waals surface area contributed by atoms with Gasteiger partial charge in [0, 0.05) is 32.1 Å². The molecule has 1 aromatic heterocycles. The van der Waals surface area contributed by atoms with E-state index in [0.29, 0.717) is 11.6 Å². The summed E-state index contributed by atoms with van der Waals surface area (Å²) >= 11 is 0. The van der Waals surface area contributed by atoms with Crippen LogP contribution in [0.1, 0.15) is 19.8 Å². The summed E-state index contributed by atoms with van der Waals surface area (Å²) in [6, 6.07) is 3.16. The number of nitrogens with one attached hydrogen (secondary N) is 1. The van der Waals surface area contributed by atoms with Crippen molar-refractivity contribution in [1.82, 2.24) is 9.88 Å². The second-order valence-corrected chi connectivity index (χ2v) is 6.27. The first-order valence-corrected chi connectivity index (χ1v) is 8.11. The number of hydrogen-bond acceptors (Lipinski definition) is 5. The maximum atomic E-state index is 12.0. The Bertz CT molecular complexity index is 575. The van der Waals surface area contributed by atoms with Crippen LogP contribution in [0.4, 0.5) is 11.5 Å². The summed E-state index contributed by atoms with van der Waals surface area (Å²) in [5.41, 5.74) is 6.16. The highest BCUT2D eigenvalue weighted by Crippen LogP contribution is 2.31. The minimum atomic E-state index is -0.549. The van der Waals surface area contributed by atoms with Crippen molar-refractivity contribution in [2.75, 3.05) is 36.4 Å². The molecule has 1 aliphatic carbocycles. The number of anilines is 2. The van der Waals surface area contributed by atoms with Crippen molar-refractivity contribution < 1.29 is 9.59 Å². The number of hydrogen-bond donors (Lipinski definition) is 2. The van der Waals surface area contributed by atoms with Gasteiger partial charge in [-0.1, -0.05) is 0 Å². The van der Waals surface area contributed by atoms with Gasteiger partial charge < -0.3 is 20.9 Å². The third-order valence-electron chi connectivity index (χ3n) is 4.27. The highest BCUT2D eigenvalue weighted by Gasteiger charge is 2.34. The van der Waals surface area contributed by atoms with E-state index in [9.17, 15) is 9.59 Å². The van der Waals surface area contributed by atoms with E-state index in [-0.39, 0.29) is 11.8 Å². The fourth-order valence-electron chi connectivity index (χ4n) is 2.65. The first-order chi connectivity index (χ1) is 11.0. The van der Waals surface area contributed by atoms with Crippen molar-refractivity contribution in [2.45, 2.75) is 25.8 Å². The minimum absolute atomic E-state index is 0.230. The molecule has 0 unspecified atom stereocenters. The summed E-state index contributed by atoms with van der Waals surface area (Å²) in [4.78, 5) is 32.1. The van der Waals surface area contributed by atoms with Crippen molar-refractivity contribution in [3.05, 3.63) is 18.3 Å². The molecule has 2 heterocycles. The molecule has 1 aromatic rings. The maximum Gasteiger partial charge on any atom is 0.241 e. The van der Waals surface area contributed by atoms with E-state index in [0.717, 1.165) is 44.8 Å². The molecule has 0 bridgehead atoms. The SMILES string of the molecule is C[C@H](N)C(=O)Nc1ccc(N2CCN(C(=O)C3CC3)CC2)nc1. The van der Waals surface area contributed by atoms with Gasteiger partial charge >= 0.3 is 0 Å². The van der Waals surface area contributed by atoms with Crippen LogP contribution in [0.3, 0.4) is 0 Å². The van der Waals surface area contributed by atoms with Crippen molar-refractivity contribution in [3.8, 4) is 0 Å². The van der Waals surface area contributed by atoms with Crippen molar-refractivity contribution >= 4 is 23.3 Å². The highest BCUT2D eigenvalue weighted by molar-refractivity contribution is 5.94. The standard InChI is InChI=1S/C16H23N5O2/c1-11(17)15(22)19-13-4-5-14(18-10-13)20-6-8-21(9-7-20)16(23)12-2-3-12/h4-5,10-12H,2-3,6-9,17H2,1H3,(H,19,22)/t11-/m0/s1. The molecule has 124 valence electrons. The summed E-state index contributed by atoms with van der Waals surface area (Å²) in [6.07, 6.45) is 3.74. The highest BCUT2D eigenvalue weighted by atomic mass is 16.2. The van der Waals surface area contributed by atoms with Gasteiger partial charge in [0.25, 0.3) is 0 Å². The lowest BCUT2D eigenvalue weighted by atomic mass is 10.2. The molecular formula is C16H23N5O2. The number of nitrogens with two attached hydrogens (primary N) is 1. The zero-order valence-electron chi connectivity index (χ0n) is 13.4. The maximum absolute atomic E-state index is 12.0. The van der Waals surface area contributed by atoms with Gasteiger partial charge in [-0.05, 0) is 31.9 Å². The van der Waals surface area contributed by atoms with E-state index in [1.165, 1.54) is 0 Å². The first kappa shape index (κ1) is 15.7. The van der Waals surface area contributed by atoms with Gasteiger partial charge in [0.2, 0.25) is 11.8 Å². The quantitative estimate of drug-likeness (QED) is 0.840. The lowest BCUT2D eigenvalue weighted by molar-refractivity contribution is -0.132.